The average Bonchev–Trinajstić information content (AvgIpc) is 2.32. The van der Waals surface area contributed by atoms with Crippen LogP contribution in [0.15, 0.2) is 30.3 Å². The zero-order valence-corrected chi connectivity index (χ0v) is 9.63. The van der Waals surface area contributed by atoms with Gasteiger partial charge in [0, 0.05) is 11.8 Å². The summed E-state index contributed by atoms with van der Waals surface area (Å²) in [7, 11) is 0. The van der Waals surface area contributed by atoms with E-state index in [0.717, 1.165) is 18.4 Å². The molecule has 0 radical (unpaired) electrons. The summed E-state index contributed by atoms with van der Waals surface area (Å²) in [4.78, 5) is 22.9. The molecule has 0 amide bonds. The molecular formula is C14H16O3. The first-order valence-electron chi connectivity index (χ1n) is 5.99. The molecule has 90 valence electrons. The van der Waals surface area contributed by atoms with Gasteiger partial charge in [0.2, 0.25) is 0 Å². The van der Waals surface area contributed by atoms with E-state index in [0.29, 0.717) is 6.42 Å². The Kier molecular flexibility index (Phi) is 3.57. The lowest BCUT2D eigenvalue weighted by Gasteiger charge is -2.27. The Balaban J connectivity index is 2.14. The van der Waals surface area contributed by atoms with E-state index in [-0.39, 0.29) is 24.0 Å². The number of carboxylic acids is 1. The molecule has 1 aliphatic carbocycles. The molecule has 1 aliphatic rings. The lowest BCUT2D eigenvalue weighted by molar-refractivity contribution is -0.141. The molecule has 0 saturated heterocycles. The van der Waals surface area contributed by atoms with Crippen LogP contribution >= 0.6 is 0 Å². The van der Waals surface area contributed by atoms with Crippen molar-refractivity contribution in [2.75, 3.05) is 0 Å². The van der Waals surface area contributed by atoms with E-state index in [2.05, 4.69) is 0 Å². The molecule has 2 rings (SSSR count). The minimum Gasteiger partial charge on any atom is -0.481 e. The van der Waals surface area contributed by atoms with Gasteiger partial charge in [-0.15, -0.1) is 0 Å². The average molecular weight is 232 g/mol. The lowest BCUT2D eigenvalue weighted by atomic mass is 9.75. The number of ketones is 1. The van der Waals surface area contributed by atoms with E-state index in [1.807, 2.05) is 30.3 Å². The largest absolute Gasteiger partial charge is 0.481 e. The molecule has 0 unspecified atom stereocenters. The summed E-state index contributed by atoms with van der Waals surface area (Å²) in [5.74, 6) is -1.18. The molecular weight excluding hydrogens is 216 g/mol. The zero-order chi connectivity index (χ0) is 12.3. The molecule has 1 aromatic rings. The molecule has 2 atom stereocenters. The Morgan fingerprint density at radius 1 is 1.24 bits per heavy atom. The summed E-state index contributed by atoms with van der Waals surface area (Å²) in [5, 5.41) is 8.79. The number of benzene rings is 1. The number of hydrogen-bond acceptors (Lipinski definition) is 2. The summed E-state index contributed by atoms with van der Waals surface area (Å²) in [6.07, 6.45) is 2.47. The van der Waals surface area contributed by atoms with Gasteiger partial charge < -0.3 is 5.11 Å². The van der Waals surface area contributed by atoms with Gasteiger partial charge in [0.1, 0.15) is 5.78 Å². The SMILES string of the molecule is O=C(O)C[C@H]1CCC[C@H](c2ccccc2)C1=O. The second-order valence-electron chi connectivity index (χ2n) is 4.59. The van der Waals surface area contributed by atoms with Crippen molar-refractivity contribution in [1.29, 1.82) is 0 Å². The zero-order valence-electron chi connectivity index (χ0n) is 9.63. The van der Waals surface area contributed by atoms with Crippen LogP contribution in [0.2, 0.25) is 0 Å². The van der Waals surface area contributed by atoms with Gasteiger partial charge >= 0.3 is 5.97 Å². The Labute approximate surface area is 100 Å². The van der Waals surface area contributed by atoms with Crippen molar-refractivity contribution in [3.8, 4) is 0 Å². The minimum atomic E-state index is -0.878. The fourth-order valence-electron chi connectivity index (χ4n) is 2.57. The first-order valence-corrected chi connectivity index (χ1v) is 5.99. The predicted molar refractivity (Wildman–Crippen MR) is 63.8 cm³/mol. The number of hydrogen-bond donors (Lipinski definition) is 1. The fourth-order valence-corrected chi connectivity index (χ4v) is 2.57. The van der Waals surface area contributed by atoms with Gasteiger partial charge in [0.15, 0.2) is 0 Å². The summed E-state index contributed by atoms with van der Waals surface area (Å²) in [6, 6.07) is 9.66. The molecule has 0 spiro atoms. The molecule has 0 aliphatic heterocycles. The van der Waals surface area contributed by atoms with Crippen LogP contribution in [0.4, 0.5) is 0 Å². The molecule has 1 N–H and O–H groups in total. The third-order valence-corrected chi connectivity index (χ3v) is 3.41. The first kappa shape index (κ1) is 11.8. The molecule has 1 fully saturated rings. The molecule has 3 nitrogen and oxygen atoms in total. The quantitative estimate of drug-likeness (QED) is 0.871. The van der Waals surface area contributed by atoms with E-state index >= 15 is 0 Å². The Bertz CT molecular complexity index is 411. The summed E-state index contributed by atoms with van der Waals surface area (Å²) in [5.41, 5.74) is 1.02. The highest BCUT2D eigenvalue weighted by atomic mass is 16.4. The van der Waals surface area contributed by atoms with E-state index in [1.165, 1.54) is 0 Å². The van der Waals surface area contributed by atoms with Crippen molar-refractivity contribution in [3.63, 3.8) is 0 Å². The topological polar surface area (TPSA) is 54.4 Å². The van der Waals surface area contributed by atoms with Gasteiger partial charge in [-0.2, -0.15) is 0 Å². The molecule has 3 heteroatoms. The van der Waals surface area contributed by atoms with Gasteiger partial charge in [-0.25, -0.2) is 0 Å². The van der Waals surface area contributed by atoms with Gasteiger partial charge in [-0.1, -0.05) is 36.8 Å². The van der Waals surface area contributed by atoms with Crippen LogP contribution in [0.25, 0.3) is 0 Å². The van der Waals surface area contributed by atoms with Crippen LogP contribution in [-0.4, -0.2) is 16.9 Å². The predicted octanol–water partition coefficient (Wildman–Crippen LogP) is 2.61. The summed E-state index contributed by atoms with van der Waals surface area (Å²) in [6.45, 7) is 0. The monoisotopic (exact) mass is 232 g/mol. The van der Waals surface area contributed by atoms with Crippen molar-refractivity contribution in [1.82, 2.24) is 0 Å². The van der Waals surface area contributed by atoms with Crippen molar-refractivity contribution < 1.29 is 14.7 Å². The van der Waals surface area contributed by atoms with Crippen molar-refractivity contribution in [2.24, 2.45) is 5.92 Å². The van der Waals surface area contributed by atoms with E-state index in [4.69, 9.17) is 5.11 Å². The maximum atomic E-state index is 12.2. The third-order valence-electron chi connectivity index (χ3n) is 3.41. The smallest absolute Gasteiger partial charge is 0.304 e. The molecule has 1 saturated carbocycles. The highest BCUT2D eigenvalue weighted by Crippen LogP contribution is 2.34. The van der Waals surface area contributed by atoms with Crippen molar-refractivity contribution in [3.05, 3.63) is 35.9 Å². The maximum absolute atomic E-state index is 12.2. The normalized spacial score (nSPS) is 24.6. The molecule has 0 bridgehead atoms. The summed E-state index contributed by atoms with van der Waals surface area (Å²) < 4.78 is 0. The number of rotatable bonds is 3. The number of Topliss-reactive ketones (excluding diaryl/α,β-unsaturated/α-hetero) is 1. The van der Waals surface area contributed by atoms with Gasteiger partial charge in [-0.3, -0.25) is 9.59 Å². The van der Waals surface area contributed by atoms with E-state index in [1.54, 1.807) is 0 Å². The molecule has 0 heterocycles. The van der Waals surface area contributed by atoms with E-state index < -0.39 is 5.97 Å². The number of aliphatic carboxylic acids is 1. The second-order valence-corrected chi connectivity index (χ2v) is 4.59. The minimum absolute atomic E-state index is 0.0256. The van der Waals surface area contributed by atoms with Gasteiger partial charge in [-0.05, 0) is 18.4 Å². The number of carboxylic acid groups (broad SMARTS) is 1. The van der Waals surface area contributed by atoms with Crippen LogP contribution in [0.1, 0.15) is 37.2 Å². The first-order chi connectivity index (χ1) is 8.18. The molecule has 0 aromatic heterocycles. The second kappa shape index (κ2) is 5.13. The van der Waals surface area contributed by atoms with Gasteiger partial charge in [0.25, 0.3) is 0 Å². The van der Waals surface area contributed by atoms with Crippen molar-refractivity contribution >= 4 is 11.8 Å². The lowest BCUT2D eigenvalue weighted by Crippen LogP contribution is -2.28. The Morgan fingerprint density at radius 2 is 1.94 bits per heavy atom. The third kappa shape index (κ3) is 2.73. The van der Waals surface area contributed by atoms with Crippen LogP contribution in [-0.2, 0) is 9.59 Å². The number of carbonyl (C=O) groups excluding carboxylic acids is 1. The fraction of sp³-hybridized carbons (Fsp3) is 0.429. The molecule has 17 heavy (non-hydrogen) atoms. The van der Waals surface area contributed by atoms with Crippen LogP contribution in [0.5, 0.6) is 0 Å². The van der Waals surface area contributed by atoms with Crippen LogP contribution < -0.4 is 0 Å². The van der Waals surface area contributed by atoms with E-state index in [9.17, 15) is 9.59 Å². The number of carbonyl (C=O) groups is 2. The Morgan fingerprint density at radius 3 is 2.59 bits per heavy atom. The maximum Gasteiger partial charge on any atom is 0.304 e. The van der Waals surface area contributed by atoms with Gasteiger partial charge in [0.05, 0.1) is 6.42 Å². The van der Waals surface area contributed by atoms with Crippen LogP contribution in [0, 0.1) is 5.92 Å². The standard InChI is InChI=1S/C14H16O3/c15-13(16)9-11-7-4-8-12(14(11)17)10-5-2-1-3-6-10/h1-3,5-6,11-12H,4,7-9H2,(H,15,16)/t11-,12-/m1/s1. The summed E-state index contributed by atoms with van der Waals surface area (Å²) >= 11 is 0. The molecule has 1 aromatic carbocycles. The Hall–Kier alpha value is -1.64. The van der Waals surface area contributed by atoms with Crippen molar-refractivity contribution in [2.45, 2.75) is 31.6 Å². The van der Waals surface area contributed by atoms with Crippen LogP contribution in [0.3, 0.4) is 0 Å². The highest BCUT2D eigenvalue weighted by molar-refractivity contribution is 5.91. The highest BCUT2D eigenvalue weighted by Gasteiger charge is 2.33.